The molecule has 2 heterocycles. The second-order valence-corrected chi connectivity index (χ2v) is 7.48. The summed E-state index contributed by atoms with van der Waals surface area (Å²) in [5.41, 5.74) is 0.519. The van der Waals surface area contributed by atoms with Crippen molar-refractivity contribution in [2.24, 2.45) is 4.40 Å². The van der Waals surface area contributed by atoms with E-state index in [2.05, 4.69) is 15.0 Å². The highest BCUT2D eigenvalue weighted by Gasteiger charge is 2.39. The molecule has 2 amide bonds. The number of amidine groups is 1. The van der Waals surface area contributed by atoms with Crippen molar-refractivity contribution in [2.75, 3.05) is 19.6 Å². The summed E-state index contributed by atoms with van der Waals surface area (Å²) in [6.45, 7) is 2.74. The van der Waals surface area contributed by atoms with E-state index in [0.29, 0.717) is 30.9 Å². The van der Waals surface area contributed by atoms with E-state index in [1.807, 2.05) is 0 Å². The number of fused-ring (bicyclic) bond motifs is 1. The van der Waals surface area contributed by atoms with Crippen LogP contribution in [0.5, 0.6) is 0 Å². The lowest BCUT2D eigenvalue weighted by atomic mass is 10.1. The number of hydrogen-bond acceptors (Lipinski definition) is 5. The Morgan fingerprint density at radius 2 is 2.04 bits per heavy atom. The minimum Gasteiger partial charge on any atom is -0.355 e. The highest BCUT2D eigenvalue weighted by Crippen LogP contribution is 2.31. The predicted molar refractivity (Wildman–Crippen MR) is 91.6 cm³/mol. The summed E-state index contributed by atoms with van der Waals surface area (Å²) in [6, 6.07) is 6.07. The zero-order chi connectivity index (χ0) is 18.0. The number of hydrogen-bond donors (Lipinski definition) is 2. The van der Waals surface area contributed by atoms with Gasteiger partial charge in [-0.25, -0.2) is 0 Å². The van der Waals surface area contributed by atoms with Crippen molar-refractivity contribution in [1.82, 2.24) is 15.5 Å². The average molecular weight is 364 g/mol. The maximum Gasteiger partial charge on any atom is 0.285 e. The highest BCUT2D eigenvalue weighted by molar-refractivity contribution is 7.90. The Morgan fingerprint density at radius 3 is 2.80 bits per heavy atom. The van der Waals surface area contributed by atoms with Crippen LogP contribution >= 0.6 is 0 Å². The molecule has 2 N–H and O–H groups in total. The molecule has 0 aliphatic carbocycles. The molecule has 1 aromatic carbocycles. The Balaban J connectivity index is 1.79. The van der Waals surface area contributed by atoms with Gasteiger partial charge in [-0.2, -0.15) is 8.42 Å². The Morgan fingerprint density at radius 1 is 1.28 bits per heavy atom. The van der Waals surface area contributed by atoms with Crippen LogP contribution in [0.1, 0.15) is 25.3 Å². The van der Waals surface area contributed by atoms with Gasteiger partial charge < -0.3 is 15.5 Å². The molecule has 0 spiro atoms. The smallest absolute Gasteiger partial charge is 0.285 e. The number of nitrogens with zero attached hydrogens (tertiary/aromatic N) is 2. The van der Waals surface area contributed by atoms with E-state index in [1.165, 1.54) is 6.07 Å². The van der Waals surface area contributed by atoms with Gasteiger partial charge in [0.25, 0.3) is 10.0 Å². The van der Waals surface area contributed by atoms with Gasteiger partial charge in [-0.3, -0.25) is 9.59 Å². The number of rotatable bonds is 4. The molecule has 9 heteroatoms. The monoisotopic (exact) mass is 364 g/mol. The first kappa shape index (κ1) is 17.4. The molecule has 8 nitrogen and oxygen atoms in total. The number of carbonyl (C=O) groups is 2. The minimum atomic E-state index is -3.72. The SMILES string of the molecule is CCNC(=O)CNC(=O)[C@@H]1CCCN1C1=NS(=O)(=O)c2ccccc21. The first-order valence-electron chi connectivity index (χ1n) is 8.19. The summed E-state index contributed by atoms with van der Waals surface area (Å²) in [5.74, 6) is -0.244. The van der Waals surface area contributed by atoms with E-state index in [9.17, 15) is 18.0 Å². The number of benzene rings is 1. The van der Waals surface area contributed by atoms with Gasteiger partial charge in [0.2, 0.25) is 11.8 Å². The van der Waals surface area contributed by atoms with E-state index >= 15 is 0 Å². The molecule has 0 saturated carbocycles. The average Bonchev–Trinajstić information content (AvgIpc) is 3.16. The van der Waals surface area contributed by atoms with Gasteiger partial charge in [-0.1, -0.05) is 12.1 Å². The predicted octanol–water partition coefficient (Wildman–Crippen LogP) is -0.148. The molecule has 1 fully saturated rings. The Hall–Kier alpha value is -2.42. The zero-order valence-corrected chi connectivity index (χ0v) is 14.7. The van der Waals surface area contributed by atoms with Crippen molar-refractivity contribution < 1.29 is 18.0 Å². The molecule has 0 bridgehead atoms. The van der Waals surface area contributed by atoms with Gasteiger partial charge in [-0.15, -0.1) is 4.40 Å². The lowest BCUT2D eigenvalue weighted by Crippen LogP contribution is -2.48. The van der Waals surface area contributed by atoms with Gasteiger partial charge in [0, 0.05) is 18.7 Å². The van der Waals surface area contributed by atoms with E-state index in [1.54, 1.807) is 30.0 Å². The lowest BCUT2D eigenvalue weighted by molar-refractivity contribution is -0.128. The molecule has 3 rings (SSSR count). The van der Waals surface area contributed by atoms with Crippen molar-refractivity contribution in [1.29, 1.82) is 0 Å². The summed E-state index contributed by atoms with van der Waals surface area (Å²) in [4.78, 5) is 25.8. The third kappa shape index (κ3) is 3.37. The standard InChI is InChI=1S/C16H20N4O4S/c1-2-17-14(21)10-18-16(22)12-7-5-9-20(12)15-11-6-3-4-8-13(11)25(23,24)19-15/h3-4,6,8,12H,2,5,7,9-10H2,1H3,(H,17,21)(H,18,22)/t12-/m0/s1. The Kier molecular flexibility index (Phi) is 4.76. The zero-order valence-electron chi connectivity index (χ0n) is 13.9. The fraction of sp³-hybridized carbons (Fsp3) is 0.438. The number of likely N-dealkylation sites (tertiary alicyclic amines) is 1. The second-order valence-electron chi connectivity index (χ2n) is 5.91. The summed E-state index contributed by atoms with van der Waals surface area (Å²) in [6.07, 6.45) is 1.34. The number of carbonyl (C=O) groups excluding carboxylic acids is 2. The molecule has 0 unspecified atom stereocenters. The van der Waals surface area contributed by atoms with Crippen LogP contribution in [0.3, 0.4) is 0 Å². The molecular weight excluding hydrogens is 344 g/mol. The molecule has 0 aromatic heterocycles. The fourth-order valence-electron chi connectivity index (χ4n) is 3.13. The van der Waals surface area contributed by atoms with Crippen LogP contribution in [0, 0.1) is 0 Å². The number of nitrogens with one attached hydrogen (secondary N) is 2. The molecule has 134 valence electrons. The third-order valence-corrected chi connectivity index (χ3v) is 5.56. The maximum atomic E-state index is 12.5. The summed E-state index contributed by atoms with van der Waals surface area (Å²) < 4.78 is 28.3. The Labute approximate surface area is 146 Å². The van der Waals surface area contributed by atoms with Crippen LogP contribution in [0.4, 0.5) is 0 Å². The number of amides is 2. The van der Waals surface area contributed by atoms with Gasteiger partial charge >= 0.3 is 0 Å². The van der Waals surface area contributed by atoms with Crippen LogP contribution < -0.4 is 10.6 Å². The lowest BCUT2D eigenvalue weighted by Gasteiger charge is -2.25. The molecule has 25 heavy (non-hydrogen) atoms. The molecule has 1 saturated heterocycles. The molecule has 1 atom stereocenters. The molecular formula is C16H20N4O4S. The summed E-state index contributed by atoms with van der Waals surface area (Å²) in [5, 5.41) is 5.22. The maximum absolute atomic E-state index is 12.5. The van der Waals surface area contributed by atoms with Crippen LogP contribution in [0.15, 0.2) is 33.6 Å². The van der Waals surface area contributed by atoms with Crippen LogP contribution in [0.25, 0.3) is 0 Å². The van der Waals surface area contributed by atoms with Crippen molar-refractivity contribution in [3.05, 3.63) is 29.8 Å². The quantitative estimate of drug-likeness (QED) is 0.773. The Bertz CT molecular complexity index is 834. The topological polar surface area (TPSA) is 108 Å². The van der Waals surface area contributed by atoms with Crippen molar-refractivity contribution in [3.8, 4) is 0 Å². The molecule has 0 radical (unpaired) electrons. The second kappa shape index (κ2) is 6.83. The summed E-state index contributed by atoms with van der Waals surface area (Å²) in [7, 11) is -3.72. The molecule has 2 aliphatic heterocycles. The van der Waals surface area contributed by atoms with Crippen LogP contribution in [-0.4, -0.2) is 56.6 Å². The minimum absolute atomic E-state index is 0.0988. The summed E-state index contributed by atoms with van der Waals surface area (Å²) >= 11 is 0. The van der Waals surface area contributed by atoms with E-state index in [0.717, 1.165) is 6.42 Å². The van der Waals surface area contributed by atoms with Gasteiger partial charge in [0.05, 0.1) is 6.54 Å². The van der Waals surface area contributed by atoms with E-state index in [4.69, 9.17) is 0 Å². The highest BCUT2D eigenvalue weighted by atomic mass is 32.2. The van der Waals surface area contributed by atoms with Gasteiger partial charge in [0.1, 0.15) is 10.9 Å². The third-order valence-electron chi connectivity index (χ3n) is 4.24. The van der Waals surface area contributed by atoms with Crippen molar-refractivity contribution in [2.45, 2.75) is 30.7 Å². The molecule has 2 aliphatic rings. The normalized spacial score (nSPS) is 20.8. The fourth-order valence-corrected chi connectivity index (χ4v) is 4.35. The van der Waals surface area contributed by atoms with Gasteiger partial charge in [-0.05, 0) is 31.9 Å². The van der Waals surface area contributed by atoms with Gasteiger partial charge in [0.15, 0.2) is 5.84 Å². The first-order chi connectivity index (χ1) is 11.9. The van der Waals surface area contributed by atoms with Crippen LogP contribution in [0.2, 0.25) is 0 Å². The molecule has 1 aromatic rings. The van der Waals surface area contributed by atoms with E-state index < -0.39 is 16.1 Å². The number of sulfonamides is 1. The first-order valence-corrected chi connectivity index (χ1v) is 9.63. The van der Waals surface area contributed by atoms with Crippen LogP contribution in [-0.2, 0) is 19.6 Å². The van der Waals surface area contributed by atoms with Crippen molar-refractivity contribution >= 4 is 27.7 Å². The van der Waals surface area contributed by atoms with Crippen molar-refractivity contribution in [3.63, 3.8) is 0 Å². The largest absolute Gasteiger partial charge is 0.355 e. The van der Waals surface area contributed by atoms with E-state index in [-0.39, 0.29) is 23.3 Å². The number of likely N-dealkylation sites (N-methyl/N-ethyl adjacent to an activating group) is 1.